The van der Waals surface area contributed by atoms with E-state index in [0.29, 0.717) is 21.9 Å². The van der Waals surface area contributed by atoms with Crippen LogP contribution in [0.5, 0.6) is 17.2 Å². The molecule has 0 radical (unpaired) electrons. The van der Waals surface area contributed by atoms with Gasteiger partial charge in [-0.1, -0.05) is 23.7 Å². The minimum atomic E-state index is -0.628. The smallest absolute Gasteiger partial charge is 0.271 e. The molecule has 3 aromatic carbocycles. The van der Waals surface area contributed by atoms with Gasteiger partial charge in [0, 0.05) is 22.2 Å². The predicted molar refractivity (Wildman–Crippen MR) is 107 cm³/mol. The largest absolute Gasteiger partial charge is 0.508 e. The lowest BCUT2D eigenvalue weighted by Crippen LogP contribution is -2.17. The molecule has 8 heteroatoms. The molecule has 0 saturated heterocycles. The van der Waals surface area contributed by atoms with Crippen LogP contribution in [0, 0.1) is 5.82 Å². The van der Waals surface area contributed by atoms with Crippen LogP contribution < -0.4 is 10.2 Å². The Hall–Kier alpha value is -3.58. The van der Waals surface area contributed by atoms with Gasteiger partial charge in [-0.2, -0.15) is 5.10 Å². The summed E-state index contributed by atoms with van der Waals surface area (Å²) >= 11 is 6.02. The van der Waals surface area contributed by atoms with Gasteiger partial charge in [0.1, 0.15) is 29.7 Å². The molecule has 0 unspecified atom stereocenters. The second kappa shape index (κ2) is 9.07. The SMILES string of the molecule is O=C(N/N=C/c1cc(Cl)ccc1OCc1cccc(F)c1)c1cc(O)cc(O)c1. The third-order valence-corrected chi connectivity index (χ3v) is 4.02. The van der Waals surface area contributed by atoms with Gasteiger partial charge in [-0.15, -0.1) is 0 Å². The maximum atomic E-state index is 13.3. The highest BCUT2D eigenvalue weighted by molar-refractivity contribution is 6.30. The van der Waals surface area contributed by atoms with Gasteiger partial charge in [0.05, 0.1) is 6.21 Å². The van der Waals surface area contributed by atoms with E-state index in [1.165, 1.54) is 30.5 Å². The Morgan fingerprint density at radius 2 is 1.86 bits per heavy atom. The van der Waals surface area contributed by atoms with Crippen LogP contribution in [0.1, 0.15) is 21.5 Å². The Bertz CT molecular complexity index is 1050. The van der Waals surface area contributed by atoms with Crippen molar-refractivity contribution in [1.82, 2.24) is 5.43 Å². The number of phenolic OH excluding ortho intramolecular Hbond substituents is 2. The number of phenols is 2. The van der Waals surface area contributed by atoms with Crippen LogP contribution >= 0.6 is 11.6 Å². The van der Waals surface area contributed by atoms with Crippen LogP contribution in [0.2, 0.25) is 5.02 Å². The van der Waals surface area contributed by atoms with Crippen molar-refractivity contribution in [2.24, 2.45) is 5.10 Å². The first-order valence-electron chi connectivity index (χ1n) is 8.44. The van der Waals surface area contributed by atoms with Crippen LogP contribution in [0.25, 0.3) is 0 Å². The summed E-state index contributed by atoms with van der Waals surface area (Å²) in [6.45, 7) is 0.134. The maximum Gasteiger partial charge on any atom is 0.271 e. The molecule has 0 fully saturated rings. The molecule has 0 aliphatic heterocycles. The lowest BCUT2D eigenvalue weighted by Gasteiger charge is -2.10. The lowest BCUT2D eigenvalue weighted by atomic mass is 10.2. The van der Waals surface area contributed by atoms with Crippen LogP contribution in [0.4, 0.5) is 4.39 Å². The summed E-state index contributed by atoms with van der Waals surface area (Å²) in [6.07, 6.45) is 1.34. The number of amides is 1. The molecule has 3 N–H and O–H groups in total. The zero-order valence-electron chi connectivity index (χ0n) is 15.0. The standard InChI is InChI=1S/C21H16ClFN2O4/c22-16-4-5-20(29-12-13-2-1-3-17(23)6-13)15(7-16)11-24-25-21(28)14-8-18(26)10-19(27)9-14/h1-11,26-27H,12H2,(H,25,28)/b24-11+. The molecule has 3 aromatic rings. The second-order valence-electron chi connectivity index (χ2n) is 6.04. The molecular weight excluding hydrogens is 399 g/mol. The third kappa shape index (κ3) is 5.70. The van der Waals surface area contributed by atoms with Gasteiger partial charge in [-0.05, 0) is 48.0 Å². The number of rotatable bonds is 6. The van der Waals surface area contributed by atoms with Gasteiger partial charge in [0.15, 0.2) is 0 Å². The predicted octanol–water partition coefficient (Wildman–Crippen LogP) is 4.23. The fourth-order valence-electron chi connectivity index (χ4n) is 2.49. The number of hydrogen-bond acceptors (Lipinski definition) is 5. The van der Waals surface area contributed by atoms with Crippen molar-refractivity contribution >= 4 is 23.7 Å². The molecule has 3 rings (SSSR count). The number of benzene rings is 3. The molecule has 0 spiro atoms. The molecule has 29 heavy (non-hydrogen) atoms. The molecule has 1 amide bonds. The average molecular weight is 415 g/mol. The molecule has 6 nitrogen and oxygen atoms in total. The van der Waals surface area contributed by atoms with E-state index < -0.39 is 5.91 Å². The number of aromatic hydroxyl groups is 2. The molecule has 0 aliphatic rings. The first-order chi connectivity index (χ1) is 13.9. The molecule has 0 saturated carbocycles. The highest BCUT2D eigenvalue weighted by atomic mass is 35.5. The Morgan fingerprint density at radius 1 is 1.10 bits per heavy atom. The Kier molecular flexibility index (Phi) is 6.31. The van der Waals surface area contributed by atoms with Crippen LogP contribution in [-0.2, 0) is 6.61 Å². The fraction of sp³-hybridized carbons (Fsp3) is 0.0476. The summed E-state index contributed by atoms with van der Waals surface area (Å²) in [7, 11) is 0. The van der Waals surface area contributed by atoms with Gasteiger partial charge in [0.25, 0.3) is 5.91 Å². The maximum absolute atomic E-state index is 13.3. The zero-order chi connectivity index (χ0) is 20.8. The molecule has 0 bridgehead atoms. The van der Waals surface area contributed by atoms with Crippen LogP contribution in [0.3, 0.4) is 0 Å². The van der Waals surface area contributed by atoms with Crippen molar-refractivity contribution in [3.8, 4) is 17.2 Å². The van der Waals surface area contributed by atoms with E-state index in [0.717, 1.165) is 6.07 Å². The number of nitrogens with one attached hydrogen (secondary N) is 1. The van der Waals surface area contributed by atoms with Crippen molar-refractivity contribution < 1.29 is 24.1 Å². The van der Waals surface area contributed by atoms with Gasteiger partial charge < -0.3 is 14.9 Å². The minimum Gasteiger partial charge on any atom is -0.508 e. The summed E-state index contributed by atoms with van der Waals surface area (Å²) in [5.74, 6) is -1.04. The molecule has 0 aliphatic carbocycles. The fourth-order valence-corrected chi connectivity index (χ4v) is 2.67. The number of hydrogen-bond donors (Lipinski definition) is 3. The normalized spacial score (nSPS) is 10.8. The second-order valence-corrected chi connectivity index (χ2v) is 6.47. The lowest BCUT2D eigenvalue weighted by molar-refractivity contribution is 0.0954. The first kappa shape index (κ1) is 20.2. The highest BCUT2D eigenvalue weighted by Crippen LogP contribution is 2.23. The summed E-state index contributed by atoms with van der Waals surface area (Å²) < 4.78 is 19.0. The average Bonchev–Trinajstić information content (AvgIpc) is 2.66. The number of nitrogens with zero attached hydrogens (tertiary/aromatic N) is 1. The number of carbonyl (C=O) groups is 1. The van der Waals surface area contributed by atoms with E-state index in [9.17, 15) is 19.4 Å². The topological polar surface area (TPSA) is 91.2 Å². The van der Waals surface area contributed by atoms with Gasteiger partial charge in [-0.25, -0.2) is 9.82 Å². The monoisotopic (exact) mass is 414 g/mol. The summed E-state index contributed by atoms with van der Waals surface area (Å²) in [6, 6.07) is 14.4. The van der Waals surface area contributed by atoms with Crippen molar-refractivity contribution in [2.75, 3.05) is 0 Å². The van der Waals surface area contributed by atoms with Gasteiger partial charge in [-0.3, -0.25) is 4.79 Å². The highest BCUT2D eigenvalue weighted by Gasteiger charge is 2.08. The Morgan fingerprint density at radius 3 is 2.59 bits per heavy atom. The Balaban J connectivity index is 1.71. The van der Waals surface area contributed by atoms with Crippen molar-refractivity contribution in [2.45, 2.75) is 6.61 Å². The Labute approximate surface area is 170 Å². The van der Waals surface area contributed by atoms with Crippen molar-refractivity contribution in [1.29, 1.82) is 0 Å². The third-order valence-electron chi connectivity index (χ3n) is 3.79. The quantitative estimate of drug-likeness (QED) is 0.415. The van der Waals surface area contributed by atoms with Crippen LogP contribution in [-0.4, -0.2) is 22.3 Å². The van der Waals surface area contributed by atoms with E-state index in [1.54, 1.807) is 30.3 Å². The van der Waals surface area contributed by atoms with E-state index in [-0.39, 0.29) is 29.5 Å². The van der Waals surface area contributed by atoms with E-state index in [1.807, 2.05) is 0 Å². The van der Waals surface area contributed by atoms with Gasteiger partial charge in [0.2, 0.25) is 0 Å². The number of ether oxygens (including phenoxy) is 1. The number of halogens is 2. The molecule has 0 heterocycles. The molecule has 148 valence electrons. The molecule has 0 aromatic heterocycles. The van der Waals surface area contributed by atoms with E-state index >= 15 is 0 Å². The summed E-state index contributed by atoms with van der Waals surface area (Å²) in [4.78, 5) is 12.1. The number of hydrazone groups is 1. The summed E-state index contributed by atoms with van der Waals surface area (Å²) in [5, 5.41) is 23.2. The van der Waals surface area contributed by atoms with Crippen molar-refractivity contribution in [3.05, 3.63) is 88.2 Å². The van der Waals surface area contributed by atoms with Crippen molar-refractivity contribution in [3.63, 3.8) is 0 Å². The van der Waals surface area contributed by atoms with Crippen LogP contribution in [0.15, 0.2) is 65.8 Å². The minimum absolute atomic E-state index is 0.0355. The summed E-state index contributed by atoms with van der Waals surface area (Å²) in [5.41, 5.74) is 3.47. The van der Waals surface area contributed by atoms with Gasteiger partial charge >= 0.3 is 0 Å². The molecule has 0 atom stereocenters. The molecular formula is C21H16ClFN2O4. The first-order valence-corrected chi connectivity index (χ1v) is 8.82. The number of carbonyl (C=O) groups excluding carboxylic acids is 1. The van der Waals surface area contributed by atoms with E-state index in [4.69, 9.17) is 16.3 Å². The zero-order valence-corrected chi connectivity index (χ0v) is 15.7. The van der Waals surface area contributed by atoms with E-state index in [2.05, 4.69) is 10.5 Å².